The van der Waals surface area contributed by atoms with Crippen molar-refractivity contribution in [1.29, 1.82) is 0 Å². The zero-order chi connectivity index (χ0) is 19.9. The topological polar surface area (TPSA) is 78.0 Å². The van der Waals surface area contributed by atoms with Gasteiger partial charge in [-0.1, -0.05) is 17.7 Å². The molecule has 142 valence electrons. The molecule has 5 nitrogen and oxygen atoms in total. The predicted molar refractivity (Wildman–Crippen MR) is 90.0 cm³/mol. The Morgan fingerprint density at radius 2 is 1.59 bits per heavy atom. The van der Waals surface area contributed by atoms with E-state index in [-0.39, 0.29) is 11.3 Å². The summed E-state index contributed by atoms with van der Waals surface area (Å²) in [6.07, 6.45) is -2.91. The van der Waals surface area contributed by atoms with Crippen molar-refractivity contribution >= 4 is 10.0 Å². The molecule has 0 radical (unpaired) electrons. The monoisotopic (exact) mass is 399 g/mol. The number of benzene rings is 2. The highest BCUT2D eigenvalue weighted by Gasteiger charge is 2.24. The fraction of sp³-hybridized carbons (Fsp3) is 0.118. The maximum atomic E-state index is 14.2. The van der Waals surface area contributed by atoms with E-state index in [9.17, 15) is 26.0 Å². The first kappa shape index (κ1) is 19.1. The summed E-state index contributed by atoms with van der Waals surface area (Å²) in [6, 6.07) is 9.04. The second-order valence-electron chi connectivity index (χ2n) is 5.82. The smallest absolute Gasteiger partial charge is 0.233 e. The summed E-state index contributed by atoms with van der Waals surface area (Å²) in [5.41, 5.74) is 0.502. The molecule has 0 saturated heterocycles. The Kier molecular flexibility index (Phi) is 4.79. The van der Waals surface area contributed by atoms with E-state index < -0.39 is 38.7 Å². The van der Waals surface area contributed by atoms with Crippen LogP contribution in [0.2, 0.25) is 0 Å². The van der Waals surface area contributed by atoms with Gasteiger partial charge in [0, 0.05) is 5.56 Å². The first-order valence-corrected chi connectivity index (χ1v) is 9.10. The van der Waals surface area contributed by atoms with Crippen LogP contribution in [0.25, 0.3) is 16.9 Å². The van der Waals surface area contributed by atoms with E-state index in [2.05, 4.69) is 5.10 Å². The van der Waals surface area contributed by atoms with Gasteiger partial charge in [0.2, 0.25) is 10.0 Å². The van der Waals surface area contributed by atoms with E-state index in [0.29, 0.717) is 17.8 Å². The van der Waals surface area contributed by atoms with Crippen molar-refractivity contribution in [3.05, 3.63) is 65.4 Å². The minimum absolute atomic E-state index is 0.0343. The Balaban J connectivity index is 2.24. The summed E-state index contributed by atoms with van der Waals surface area (Å²) in [7, 11) is -4.63. The predicted octanol–water partition coefficient (Wildman–Crippen LogP) is 3.71. The minimum atomic E-state index is -4.63. The van der Waals surface area contributed by atoms with E-state index in [1.807, 2.05) is 6.92 Å². The number of aryl methyl sites for hydroxylation is 1. The van der Waals surface area contributed by atoms with Gasteiger partial charge in [0.15, 0.2) is 4.90 Å². The van der Waals surface area contributed by atoms with Crippen LogP contribution in [-0.2, 0) is 10.0 Å². The van der Waals surface area contributed by atoms with Crippen molar-refractivity contribution in [2.75, 3.05) is 0 Å². The summed E-state index contributed by atoms with van der Waals surface area (Å²) in [6.45, 7) is 1.83. The molecule has 0 fully saturated rings. The fourth-order valence-corrected chi connectivity index (χ4v) is 3.24. The summed E-state index contributed by atoms with van der Waals surface area (Å²) in [5.74, 6) is -2.86. The Hall–Kier alpha value is -2.72. The number of sulfonamides is 1. The molecule has 3 aromatic rings. The average molecular weight is 399 g/mol. The number of nitrogens with zero attached hydrogens (tertiary/aromatic N) is 2. The molecule has 0 aliphatic carbocycles. The zero-order valence-electron chi connectivity index (χ0n) is 13.8. The number of halogens is 4. The van der Waals surface area contributed by atoms with Gasteiger partial charge in [-0.25, -0.2) is 35.8 Å². The molecule has 0 aliphatic heterocycles. The number of primary sulfonamides is 1. The number of alkyl halides is 2. The van der Waals surface area contributed by atoms with Crippen LogP contribution in [-0.4, -0.2) is 18.2 Å². The van der Waals surface area contributed by atoms with Crippen LogP contribution in [0, 0.1) is 18.6 Å². The molecule has 0 unspecified atom stereocenters. The molecular formula is C17H13F4N3O2S. The molecule has 0 bridgehead atoms. The first-order valence-electron chi connectivity index (χ1n) is 7.55. The molecule has 0 atom stereocenters. The molecule has 0 aliphatic rings. The minimum Gasteiger partial charge on any atom is -0.233 e. The van der Waals surface area contributed by atoms with Crippen LogP contribution in [0.4, 0.5) is 17.6 Å². The number of hydrogen-bond acceptors (Lipinski definition) is 3. The molecule has 1 aromatic heterocycles. The van der Waals surface area contributed by atoms with Crippen LogP contribution in [0.5, 0.6) is 0 Å². The van der Waals surface area contributed by atoms with Gasteiger partial charge in [0.05, 0.1) is 11.4 Å². The van der Waals surface area contributed by atoms with Crippen molar-refractivity contribution in [2.24, 2.45) is 5.14 Å². The second-order valence-corrected chi connectivity index (χ2v) is 7.31. The molecule has 27 heavy (non-hydrogen) atoms. The SMILES string of the molecule is Cc1ccc(-n2nc(C(F)F)cc2-c2cc(F)c(S(N)(=O)=O)c(F)c2)cc1. The molecule has 1 heterocycles. The van der Waals surface area contributed by atoms with Crippen molar-refractivity contribution in [3.8, 4) is 16.9 Å². The van der Waals surface area contributed by atoms with Gasteiger partial charge in [-0.15, -0.1) is 0 Å². The molecule has 3 rings (SSSR count). The molecule has 0 saturated carbocycles. The third-order valence-electron chi connectivity index (χ3n) is 3.81. The first-order chi connectivity index (χ1) is 12.6. The van der Waals surface area contributed by atoms with Crippen LogP contribution in [0.15, 0.2) is 47.4 Å². The van der Waals surface area contributed by atoms with E-state index in [1.165, 1.54) is 0 Å². The molecule has 0 spiro atoms. The van der Waals surface area contributed by atoms with Gasteiger partial charge in [-0.05, 0) is 37.3 Å². The molecule has 10 heteroatoms. The Bertz CT molecular complexity index is 1090. The maximum absolute atomic E-state index is 14.2. The van der Waals surface area contributed by atoms with Crippen LogP contribution < -0.4 is 5.14 Å². The van der Waals surface area contributed by atoms with Gasteiger partial charge in [-0.3, -0.25) is 0 Å². The standard InChI is InChI=1S/C17H13F4N3O2S/c1-9-2-4-11(5-3-9)24-15(8-14(23-24)17(20)21)10-6-12(18)16(13(19)7-10)27(22,25)26/h2-8,17H,1H3,(H2,22,25,26). The summed E-state index contributed by atoms with van der Waals surface area (Å²) in [5, 5.41) is 8.60. The Morgan fingerprint density at radius 1 is 1.04 bits per heavy atom. The fourth-order valence-electron chi connectivity index (χ4n) is 2.57. The number of nitrogens with two attached hydrogens (primary N) is 1. The van der Waals surface area contributed by atoms with Crippen LogP contribution in [0.1, 0.15) is 17.7 Å². The lowest BCUT2D eigenvalue weighted by Gasteiger charge is -2.10. The summed E-state index contributed by atoms with van der Waals surface area (Å²) < 4.78 is 78.3. The largest absolute Gasteiger partial charge is 0.282 e. The molecule has 0 amide bonds. The van der Waals surface area contributed by atoms with Crippen LogP contribution >= 0.6 is 0 Å². The number of aromatic nitrogens is 2. The maximum Gasteiger partial charge on any atom is 0.282 e. The van der Waals surface area contributed by atoms with Gasteiger partial charge in [0.25, 0.3) is 6.43 Å². The average Bonchev–Trinajstić information content (AvgIpc) is 2.99. The van der Waals surface area contributed by atoms with Crippen LogP contribution in [0.3, 0.4) is 0 Å². The van der Waals surface area contributed by atoms with E-state index in [0.717, 1.165) is 16.3 Å². The highest BCUT2D eigenvalue weighted by Crippen LogP contribution is 2.31. The number of hydrogen-bond donors (Lipinski definition) is 1. The van der Waals surface area contributed by atoms with Gasteiger partial charge in [-0.2, -0.15) is 5.10 Å². The normalized spacial score (nSPS) is 12.0. The summed E-state index contributed by atoms with van der Waals surface area (Å²) in [4.78, 5) is -1.29. The highest BCUT2D eigenvalue weighted by molar-refractivity contribution is 7.89. The van der Waals surface area contributed by atoms with E-state index in [4.69, 9.17) is 5.14 Å². The summed E-state index contributed by atoms with van der Waals surface area (Å²) >= 11 is 0. The lowest BCUT2D eigenvalue weighted by molar-refractivity contribution is 0.145. The van der Waals surface area contributed by atoms with Crippen molar-refractivity contribution < 1.29 is 26.0 Å². The molecule has 2 N–H and O–H groups in total. The van der Waals surface area contributed by atoms with Crippen molar-refractivity contribution in [3.63, 3.8) is 0 Å². The van der Waals surface area contributed by atoms with Gasteiger partial charge >= 0.3 is 0 Å². The highest BCUT2D eigenvalue weighted by atomic mass is 32.2. The lowest BCUT2D eigenvalue weighted by Crippen LogP contribution is -2.16. The number of rotatable bonds is 4. The van der Waals surface area contributed by atoms with Gasteiger partial charge < -0.3 is 0 Å². The van der Waals surface area contributed by atoms with E-state index in [1.54, 1.807) is 24.3 Å². The van der Waals surface area contributed by atoms with Crippen molar-refractivity contribution in [1.82, 2.24) is 9.78 Å². The molecular weight excluding hydrogens is 386 g/mol. The van der Waals surface area contributed by atoms with Crippen molar-refractivity contribution in [2.45, 2.75) is 18.2 Å². The Labute approximate surface area is 152 Å². The Morgan fingerprint density at radius 3 is 2.07 bits per heavy atom. The molecule has 2 aromatic carbocycles. The van der Waals surface area contributed by atoms with Gasteiger partial charge in [0.1, 0.15) is 17.3 Å². The van der Waals surface area contributed by atoms with E-state index >= 15 is 0 Å². The lowest BCUT2D eigenvalue weighted by atomic mass is 10.1. The quantitative estimate of drug-likeness (QED) is 0.680. The third-order valence-corrected chi connectivity index (χ3v) is 4.77. The third kappa shape index (κ3) is 3.71. The zero-order valence-corrected chi connectivity index (χ0v) is 14.6. The second kappa shape index (κ2) is 6.78.